The molecule has 0 bridgehead atoms. The summed E-state index contributed by atoms with van der Waals surface area (Å²) in [6.07, 6.45) is 2.87. The number of nitrogens with one attached hydrogen (secondary N) is 1. The van der Waals surface area contributed by atoms with Crippen LogP contribution in [0.15, 0.2) is 48.7 Å². The lowest BCUT2D eigenvalue weighted by molar-refractivity contribution is 0.187. The minimum absolute atomic E-state index is 0.445. The highest BCUT2D eigenvalue weighted by molar-refractivity contribution is 5.32. The molecule has 1 saturated heterocycles. The summed E-state index contributed by atoms with van der Waals surface area (Å²) in [5.41, 5.74) is 1.40. The average Bonchev–Trinajstić information content (AvgIpc) is 2.62. The van der Waals surface area contributed by atoms with Gasteiger partial charge in [-0.2, -0.15) is 0 Å². The molecule has 2 atom stereocenters. The van der Waals surface area contributed by atoms with Crippen LogP contribution in [-0.4, -0.2) is 31.3 Å². The van der Waals surface area contributed by atoms with Gasteiger partial charge in [0.15, 0.2) is 5.75 Å². The highest BCUT2D eigenvalue weighted by Crippen LogP contribution is 2.32. The van der Waals surface area contributed by atoms with Crippen molar-refractivity contribution in [3.05, 3.63) is 54.2 Å². The predicted octanol–water partition coefficient (Wildman–Crippen LogP) is 3.25. The molecule has 0 aliphatic carbocycles. The Labute approximate surface area is 137 Å². The van der Waals surface area contributed by atoms with E-state index < -0.39 is 0 Å². The molecule has 1 fully saturated rings. The summed E-state index contributed by atoms with van der Waals surface area (Å²) in [5, 5.41) is 3.48. The Morgan fingerprint density at radius 2 is 2.00 bits per heavy atom. The zero-order valence-corrected chi connectivity index (χ0v) is 13.6. The monoisotopic (exact) mass is 312 g/mol. The zero-order chi connectivity index (χ0) is 15.9. The number of benzene rings is 1. The van der Waals surface area contributed by atoms with E-state index in [-0.39, 0.29) is 0 Å². The van der Waals surface area contributed by atoms with E-state index in [0.29, 0.717) is 30.9 Å². The standard InChI is InChI=1S/C19H24N2O2/c1-2-22-19-18(9-6-11-21-19)23-14-16-13-20-12-10-17(16)15-7-4-3-5-8-15/h3-9,11,16-17,20H,2,10,12-14H2,1H3/t16-,17-/m0/s1. The van der Waals surface area contributed by atoms with Gasteiger partial charge in [0.1, 0.15) is 0 Å². The minimum atomic E-state index is 0.445. The molecule has 0 spiro atoms. The van der Waals surface area contributed by atoms with E-state index in [1.54, 1.807) is 6.20 Å². The highest BCUT2D eigenvalue weighted by atomic mass is 16.5. The van der Waals surface area contributed by atoms with E-state index in [9.17, 15) is 0 Å². The zero-order valence-electron chi connectivity index (χ0n) is 13.6. The van der Waals surface area contributed by atoms with Gasteiger partial charge in [0.25, 0.3) is 5.88 Å². The van der Waals surface area contributed by atoms with E-state index in [1.807, 2.05) is 19.1 Å². The Kier molecular flexibility index (Phi) is 5.48. The van der Waals surface area contributed by atoms with E-state index in [0.717, 1.165) is 25.3 Å². The molecule has 1 N–H and O–H groups in total. The summed E-state index contributed by atoms with van der Waals surface area (Å²) in [6.45, 7) is 5.25. The SMILES string of the molecule is CCOc1ncccc1OC[C@@H]1CNCC[C@H]1c1ccccc1. The van der Waals surface area contributed by atoms with Crippen molar-refractivity contribution in [2.75, 3.05) is 26.3 Å². The third-order valence-corrected chi connectivity index (χ3v) is 4.31. The van der Waals surface area contributed by atoms with Crippen LogP contribution in [-0.2, 0) is 0 Å². The molecule has 0 amide bonds. The summed E-state index contributed by atoms with van der Waals surface area (Å²) in [5.74, 6) is 2.28. The Morgan fingerprint density at radius 3 is 2.83 bits per heavy atom. The van der Waals surface area contributed by atoms with Gasteiger partial charge in [-0.1, -0.05) is 30.3 Å². The highest BCUT2D eigenvalue weighted by Gasteiger charge is 2.27. The maximum absolute atomic E-state index is 6.05. The van der Waals surface area contributed by atoms with Crippen LogP contribution in [0.2, 0.25) is 0 Å². The number of hydrogen-bond donors (Lipinski definition) is 1. The predicted molar refractivity (Wildman–Crippen MR) is 91.1 cm³/mol. The van der Waals surface area contributed by atoms with Crippen molar-refractivity contribution in [3.8, 4) is 11.6 Å². The number of pyridine rings is 1. The molecule has 1 aromatic heterocycles. The number of hydrogen-bond acceptors (Lipinski definition) is 4. The largest absolute Gasteiger partial charge is 0.488 e. The van der Waals surface area contributed by atoms with Crippen LogP contribution < -0.4 is 14.8 Å². The van der Waals surface area contributed by atoms with Crippen molar-refractivity contribution in [1.29, 1.82) is 0 Å². The molecule has 2 heterocycles. The second-order valence-electron chi connectivity index (χ2n) is 5.82. The first kappa shape index (κ1) is 15.8. The first-order chi connectivity index (χ1) is 11.4. The Hall–Kier alpha value is -2.07. The number of ether oxygens (including phenoxy) is 2. The summed E-state index contributed by atoms with van der Waals surface area (Å²) >= 11 is 0. The fourth-order valence-electron chi connectivity index (χ4n) is 3.16. The fourth-order valence-corrected chi connectivity index (χ4v) is 3.16. The molecule has 1 aliphatic rings. The van der Waals surface area contributed by atoms with Crippen LogP contribution in [0.1, 0.15) is 24.8 Å². The minimum Gasteiger partial charge on any atom is -0.488 e. The van der Waals surface area contributed by atoms with E-state index in [4.69, 9.17) is 9.47 Å². The molecular formula is C19H24N2O2. The third-order valence-electron chi connectivity index (χ3n) is 4.31. The van der Waals surface area contributed by atoms with Gasteiger partial charge >= 0.3 is 0 Å². The van der Waals surface area contributed by atoms with Crippen molar-refractivity contribution < 1.29 is 9.47 Å². The molecule has 0 radical (unpaired) electrons. The van der Waals surface area contributed by atoms with Gasteiger partial charge in [-0.05, 0) is 43.5 Å². The molecule has 0 saturated carbocycles. The molecule has 0 unspecified atom stereocenters. The molecule has 4 heteroatoms. The summed E-state index contributed by atoms with van der Waals surface area (Å²) in [4.78, 5) is 4.25. The van der Waals surface area contributed by atoms with Crippen LogP contribution in [0.4, 0.5) is 0 Å². The molecule has 122 valence electrons. The smallest absolute Gasteiger partial charge is 0.256 e. The maximum Gasteiger partial charge on any atom is 0.256 e. The first-order valence-electron chi connectivity index (χ1n) is 8.34. The molecule has 1 aliphatic heterocycles. The average molecular weight is 312 g/mol. The third kappa shape index (κ3) is 4.02. The van der Waals surface area contributed by atoms with Crippen molar-refractivity contribution in [3.63, 3.8) is 0 Å². The molecular weight excluding hydrogens is 288 g/mol. The normalized spacial score (nSPS) is 20.9. The lowest BCUT2D eigenvalue weighted by Crippen LogP contribution is -2.38. The topological polar surface area (TPSA) is 43.4 Å². The molecule has 4 nitrogen and oxygen atoms in total. The van der Waals surface area contributed by atoms with Crippen LogP contribution in [0.25, 0.3) is 0 Å². The second-order valence-corrected chi connectivity index (χ2v) is 5.82. The number of aromatic nitrogens is 1. The molecule has 1 aromatic carbocycles. The van der Waals surface area contributed by atoms with E-state index in [1.165, 1.54) is 5.56 Å². The van der Waals surface area contributed by atoms with Gasteiger partial charge in [-0.15, -0.1) is 0 Å². The van der Waals surface area contributed by atoms with Crippen molar-refractivity contribution in [2.24, 2.45) is 5.92 Å². The van der Waals surface area contributed by atoms with Crippen molar-refractivity contribution >= 4 is 0 Å². The quantitative estimate of drug-likeness (QED) is 0.889. The van der Waals surface area contributed by atoms with E-state index >= 15 is 0 Å². The lowest BCUT2D eigenvalue weighted by Gasteiger charge is -2.32. The van der Waals surface area contributed by atoms with Gasteiger partial charge < -0.3 is 14.8 Å². The van der Waals surface area contributed by atoms with E-state index in [2.05, 4.69) is 40.6 Å². The van der Waals surface area contributed by atoms with Crippen LogP contribution in [0.5, 0.6) is 11.6 Å². The van der Waals surface area contributed by atoms with Gasteiger partial charge in [-0.25, -0.2) is 4.98 Å². The summed E-state index contributed by atoms with van der Waals surface area (Å²) in [7, 11) is 0. The molecule has 2 aromatic rings. The Balaban J connectivity index is 1.68. The maximum atomic E-state index is 6.05. The van der Waals surface area contributed by atoms with Crippen molar-refractivity contribution in [2.45, 2.75) is 19.3 Å². The Bertz CT molecular complexity index is 603. The number of nitrogens with zero attached hydrogens (tertiary/aromatic N) is 1. The summed E-state index contributed by atoms with van der Waals surface area (Å²) in [6, 6.07) is 14.5. The molecule has 23 heavy (non-hydrogen) atoms. The molecule has 3 rings (SSSR count). The van der Waals surface area contributed by atoms with Gasteiger partial charge in [0, 0.05) is 18.7 Å². The van der Waals surface area contributed by atoms with Crippen LogP contribution >= 0.6 is 0 Å². The Morgan fingerprint density at radius 1 is 1.13 bits per heavy atom. The second kappa shape index (κ2) is 7.97. The van der Waals surface area contributed by atoms with Gasteiger partial charge in [0.05, 0.1) is 13.2 Å². The van der Waals surface area contributed by atoms with Crippen molar-refractivity contribution in [1.82, 2.24) is 10.3 Å². The van der Waals surface area contributed by atoms with Gasteiger partial charge in [-0.3, -0.25) is 0 Å². The first-order valence-corrected chi connectivity index (χ1v) is 8.34. The van der Waals surface area contributed by atoms with Gasteiger partial charge in [0.2, 0.25) is 0 Å². The number of rotatable bonds is 6. The van der Waals surface area contributed by atoms with Crippen LogP contribution in [0, 0.1) is 5.92 Å². The number of piperidine rings is 1. The fraction of sp³-hybridized carbons (Fsp3) is 0.421. The summed E-state index contributed by atoms with van der Waals surface area (Å²) < 4.78 is 11.6. The van der Waals surface area contributed by atoms with Crippen LogP contribution in [0.3, 0.4) is 0 Å². The lowest BCUT2D eigenvalue weighted by atomic mass is 9.81.